The number of nitrogens with zero attached hydrogens (tertiary/aromatic N) is 1. The number of hydrogen-bond donors (Lipinski definition) is 0. The quantitative estimate of drug-likeness (QED) is 0.193. The van der Waals surface area contributed by atoms with Crippen LogP contribution in [0.15, 0.2) is 176 Å². The number of fused-ring (bicyclic) bond motifs is 5. The van der Waals surface area contributed by atoms with Gasteiger partial charge < -0.3 is 9.30 Å². The molecule has 0 amide bonds. The van der Waals surface area contributed by atoms with Crippen LogP contribution >= 0.6 is 0 Å². The molecule has 1 aliphatic heterocycles. The minimum Gasteiger partial charge on any atom is -0.456 e. The van der Waals surface area contributed by atoms with Crippen molar-refractivity contribution in [1.82, 2.24) is 4.57 Å². The standard InChI is InChI=1S/C46H29NO/c1-3-11-31(12-4-1)35-26-28-44-45-38(35)17-10-18-39(45)41-29-33(25-27-43(41)48-44)30-21-23-32(24-22-30)36-16-9-19-40-37-15-7-8-20-42(37)47(46(36)40)34-13-5-2-6-14-34/h1-29H. The van der Waals surface area contributed by atoms with E-state index in [2.05, 4.69) is 180 Å². The summed E-state index contributed by atoms with van der Waals surface area (Å²) in [6.45, 7) is 0. The van der Waals surface area contributed by atoms with Crippen molar-refractivity contribution in [2.45, 2.75) is 0 Å². The molecule has 1 aromatic heterocycles. The zero-order chi connectivity index (χ0) is 31.6. The Balaban J connectivity index is 1.08. The van der Waals surface area contributed by atoms with E-state index in [1.54, 1.807) is 0 Å². The molecular formula is C46H29NO. The van der Waals surface area contributed by atoms with E-state index in [1.165, 1.54) is 71.5 Å². The normalized spacial score (nSPS) is 11.9. The van der Waals surface area contributed by atoms with Crippen molar-refractivity contribution in [3.63, 3.8) is 0 Å². The topological polar surface area (TPSA) is 14.2 Å². The predicted molar refractivity (Wildman–Crippen MR) is 200 cm³/mol. The van der Waals surface area contributed by atoms with Crippen LogP contribution in [0.1, 0.15) is 0 Å². The van der Waals surface area contributed by atoms with E-state index in [9.17, 15) is 0 Å². The first kappa shape index (κ1) is 26.8. The molecule has 2 heterocycles. The monoisotopic (exact) mass is 611 g/mol. The third kappa shape index (κ3) is 4.06. The summed E-state index contributed by atoms with van der Waals surface area (Å²) in [6, 6.07) is 63.1. The molecule has 224 valence electrons. The summed E-state index contributed by atoms with van der Waals surface area (Å²) in [5.74, 6) is 1.80. The van der Waals surface area contributed by atoms with Gasteiger partial charge in [0.25, 0.3) is 0 Å². The van der Waals surface area contributed by atoms with E-state index in [0.29, 0.717) is 0 Å². The van der Waals surface area contributed by atoms with Gasteiger partial charge in [-0.3, -0.25) is 0 Å². The SMILES string of the molecule is c1ccc(-c2ccc3c4c(cccc24)-c2cc(-c4ccc(-c5cccc6c7ccccc7n(-c7ccccc7)c56)cc4)ccc2O3)cc1. The van der Waals surface area contributed by atoms with Crippen molar-refractivity contribution in [3.8, 4) is 61.7 Å². The van der Waals surface area contributed by atoms with Gasteiger partial charge in [-0.2, -0.15) is 0 Å². The summed E-state index contributed by atoms with van der Waals surface area (Å²) in [5, 5.41) is 4.90. The molecule has 0 saturated heterocycles. The summed E-state index contributed by atoms with van der Waals surface area (Å²) >= 11 is 0. The van der Waals surface area contributed by atoms with E-state index in [4.69, 9.17) is 4.74 Å². The van der Waals surface area contributed by atoms with Gasteiger partial charge >= 0.3 is 0 Å². The molecule has 0 spiro atoms. The molecule has 0 N–H and O–H groups in total. The van der Waals surface area contributed by atoms with Crippen LogP contribution in [0, 0.1) is 0 Å². The lowest BCUT2D eigenvalue weighted by Gasteiger charge is -2.23. The van der Waals surface area contributed by atoms with Crippen molar-refractivity contribution < 1.29 is 4.74 Å². The van der Waals surface area contributed by atoms with Gasteiger partial charge in [-0.15, -0.1) is 0 Å². The molecule has 9 aromatic rings. The van der Waals surface area contributed by atoms with Crippen molar-refractivity contribution in [3.05, 3.63) is 176 Å². The molecular weight excluding hydrogens is 583 g/mol. The Morgan fingerprint density at radius 3 is 1.81 bits per heavy atom. The van der Waals surface area contributed by atoms with Gasteiger partial charge in [-0.05, 0) is 75.2 Å². The number of ether oxygens (including phenoxy) is 1. The second-order valence-electron chi connectivity index (χ2n) is 12.5. The average molecular weight is 612 g/mol. The molecule has 1 aliphatic rings. The van der Waals surface area contributed by atoms with Crippen LogP contribution in [0.3, 0.4) is 0 Å². The van der Waals surface area contributed by atoms with Crippen molar-refractivity contribution in [2.75, 3.05) is 0 Å². The highest BCUT2D eigenvalue weighted by Gasteiger charge is 2.22. The predicted octanol–water partition coefficient (Wildman–Crippen LogP) is 12.7. The Hall–Kier alpha value is -6.38. The third-order valence-electron chi connectivity index (χ3n) is 9.82. The Kier molecular flexibility index (Phi) is 5.91. The van der Waals surface area contributed by atoms with Crippen molar-refractivity contribution in [1.29, 1.82) is 0 Å². The molecule has 48 heavy (non-hydrogen) atoms. The average Bonchev–Trinajstić information content (AvgIpc) is 3.50. The number of rotatable bonds is 4. The maximum atomic E-state index is 6.52. The highest BCUT2D eigenvalue weighted by atomic mass is 16.5. The summed E-state index contributed by atoms with van der Waals surface area (Å²) in [7, 11) is 0. The molecule has 0 unspecified atom stereocenters. The fraction of sp³-hybridized carbons (Fsp3) is 0. The molecule has 8 aromatic carbocycles. The number of hydrogen-bond acceptors (Lipinski definition) is 1. The lowest BCUT2D eigenvalue weighted by Crippen LogP contribution is -1.98. The molecule has 0 bridgehead atoms. The van der Waals surface area contributed by atoms with E-state index < -0.39 is 0 Å². The fourth-order valence-electron chi connectivity index (χ4n) is 7.62. The van der Waals surface area contributed by atoms with Gasteiger partial charge in [0.1, 0.15) is 11.5 Å². The van der Waals surface area contributed by atoms with Gasteiger partial charge in [-0.1, -0.05) is 140 Å². The summed E-state index contributed by atoms with van der Waals surface area (Å²) in [4.78, 5) is 0. The first-order chi connectivity index (χ1) is 23.8. The summed E-state index contributed by atoms with van der Waals surface area (Å²) in [6.07, 6.45) is 0. The highest BCUT2D eigenvalue weighted by Crippen LogP contribution is 2.49. The Morgan fingerprint density at radius 2 is 0.979 bits per heavy atom. The van der Waals surface area contributed by atoms with E-state index in [0.717, 1.165) is 22.7 Å². The summed E-state index contributed by atoms with van der Waals surface area (Å²) < 4.78 is 8.92. The third-order valence-corrected chi connectivity index (χ3v) is 9.82. The second kappa shape index (κ2) is 10.6. The molecule has 0 fully saturated rings. The fourth-order valence-corrected chi connectivity index (χ4v) is 7.62. The maximum absolute atomic E-state index is 6.52. The lowest BCUT2D eigenvalue weighted by molar-refractivity contribution is 0.487. The Labute approximate surface area is 278 Å². The molecule has 0 atom stereocenters. The highest BCUT2D eigenvalue weighted by molar-refractivity contribution is 6.14. The zero-order valence-electron chi connectivity index (χ0n) is 26.1. The van der Waals surface area contributed by atoms with Gasteiger partial charge in [0.05, 0.1) is 11.0 Å². The number of benzene rings is 8. The molecule has 2 heteroatoms. The Morgan fingerprint density at radius 1 is 0.354 bits per heavy atom. The minimum absolute atomic E-state index is 0.892. The van der Waals surface area contributed by atoms with E-state index in [1.807, 2.05) is 0 Å². The second-order valence-corrected chi connectivity index (χ2v) is 12.5. The van der Waals surface area contributed by atoms with Crippen LogP contribution in [-0.4, -0.2) is 4.57 Å². The van der Waals surface area contributed by atoms with Gasteiger partial charge in [0, 0.05) is 33.0 Å². The zero-order valence-corrected chi connectivity index (χ0v) is 26.1. The van der Waals surface area contributed by atoms with Gasteiger partial charge in [0.15, 0.2) is 0 Å². The van der Waals surface area contributed by atoms with Crippen LogP contribution < -0.4 is 4.74 Å². The van der Waals surface area contributed by atoms with Crippen molar-refractivity contribution in [2.24, 2.45) is 0 Å². The summed E-state index contributed by atoms with van der Waals surface area (Å²) in [5.41, 5.74) is 13.1. The maximum Gasteiger partial charge on any atom is 0.135 e. The molecule has 0 radical (unpaired) electrons. The van der Waals surface area contributed by atoms with Crippen molar-refractivity contribution >= 4 is 32.6 Å². The van der Waals surface area contributed by atoms with Crippen LogP contribution in [0.5, 0.6) is 11.5 Å². The minimum atomic E-state index is 0.892. The van der Waals surface area contributed by atoms with E-state index >= 15 is 0 Å². The van der Waals surface area contributed by atoms with Crippen LogP contribution in [0.4, 0.5) is 0 Å². The molecule has 0 aliphatic carbocycles. The first-order valence-electron chi connectivity index (χ1n) is 16.4. The molecule has 10 rings (SSSR count). The number of para-hydroxylation sites is 3. The van der Waals surface area contributed by atoms with E-state index in [-0.39, 0.29) is 0 Å². The van der Waals surface area contributed by atoms with Gasteiger partial charge in [0.2, 0.25) is 0 Å². The van der Waals surface area contributed by atoms with Crippen LogP contribution in [0.2, 0.25) is 0 Å². The lowest BCUT2D eigenvalue weighted by atomic mass is 9.89. The van der Waals surface area contributed by atoms with Crippen LogP contribution in [-0.2, 0) is 0 Å². The molecule has 0 saturated carbocycles. The largest absolute Gasteiger partial charge is 0.456 e. The number of aromatic nitrogens is 1. The van der Waals surface area contributed by atoms with Gasteiger partial charge in [-0.25, -0.2) is 0 Å². The molecule has 2 nitrogen and oxygen atoms in total. The first-order valence-corrected chi connectivity index (χ1v) is 16.4. The smallest absolute Gasteiger partial charge is 0.135 e. The van der Waals surface area contributed by atoms with Crippen LogP contribution in [0.25, 0.3) is 82.8 Å². The Bertz CT molecular complexity index is 2670.